The van der Waals surface area contributed by atoms with Crippen molar-refractivity contribution in [1.82, 2.24) is 9.55 Å². The molecular weight excluding hydrogens is 471 g/mol. The molecule has 0 unspecified atom stereocenters. The van der Waals surface area contributed by atoms with Crippen molar-refractivity contribution in [2.75, 3.05) is 4.90 Å². The number of nitrogens with zero attached hydrogens (tertiary/aromatic N) is 3. The van der Waals surface area contributed by atoms with E-state index in [0.29, 0.717) is 53.2 Å². The largest absolute Gasteiger partial charge is 0.393 e. The Balaban J connectivity index is 1.81. The van der Waals surface area contributed by atoms with Crippen LogP contribution in [0.3, 0.4) is 0 Å². The normalized spacial score (nSPS) is 17.9. The summed E-state index contributed by atoms with van der Waals surface area (Å²) in [5, 5.41) is 12.2. The Bertz CT molecular complexity index is 1290. The van der Waals surface area contributed by atoms with Crippen molar-refractivity contribution >= 4 is 34.6 Å². The topological polar surface area (TPSA) is 119 Å². The summed E-state index contributed by atoms with van der Waals surface area (Å²) in [4.78, 5) is 45.5. The summed E-state index contributed by atoms with van der Waals surface area (Å²) in [5.41, 5.74) is 7.28. The fourth-order valence-electron chi connectivity index (χ4n) is 4.84. The van der Waals surface area contributed by atoms with E-state index in [-0.39, 0.29) is 17.3 Å². The Morgan fingerprint density at radius 3 is 2.46 bits per heavy atom. The van der Waals surface area contributed by atoms with Crippen molar-refractivity contribution in [3.05, 3.63) is 58.0 Å². The van der Waals surface area contributed by atoms with Gasteiger partial charge in [-0.1, -0.05) is 0 Å². The molecule has 35 heavy (non-hydrogen) atoms. The SMILES string of the molecule is Cc1cc(N(C(=O)C(=O)c2c(C)c(C(N)=O)c(-c3nccs3)n2C)C2CCC(O)CC2)ccc1F. The van der Waals surface area contributed by atoms with Gasteiger partial charge >= 0.3 is 5.91 Å². The molecule has 10 heteroatoms. The first-order valence-corrected chi connectivity index (χ1v) is 12.2. The van der Waals surface area contributed by atoms with Crippen LogP contribution < -0.4 is 10.6 Å². The number of carbonyl (C=O) groups excluding carboxylic acids is 3. The number of benzene rings is 1. The molecule has 3 aromatic rings. The number of primary amides is 1. The number of Topliss-reactive ketones (excluding diaryl/α,β-unsaturated/α-hetero) is 1. The molecule has 2 aromatic heterocycles. The van der Waals surface area contributed by atoms with E-state index in [4.69, 9.17) is 5.73 Å². The second-order valence-corrected chi connectivity index (χ2v) is 9.75. The highest BCUT2D eigenvalue weighted by Crippen LogP contribution is 2.34. The summed E-state index contributed by atoms with van der Waals surface area (Å²) >= 11 is 1.29. The van der Waals surface area contributed by atoms with Gasteiger partial charge in [0.25, 0.3) is 11.7 Å². The van der Waals surface area contributed by atoms with Crippen LogP contribution in [0.25, 0.3) is 10.7 Å². The van der Waals surface area contributed by atoms with E-state index in [0.717, 1.165) is 0 Å². The first-order chi connectivity index (χ1) is 16.6. The Hall–Kier alpha value is -3.37. The number of aromatic nitrogens is 2. The third kappa shape index (κ3) is 4.51. The van der Waals surface area contributed by atoms with Crippen molar-refractivity contribution in [1.29, 1.82) is 0 Å². The summed E-state index contributed by atoms with van der Waals surface area (Å²) in [6, 6.07) is 3.95. The van der Waals surface area contributed by atoms with Crippen LogP contribution in [0.5, 0.6) is 0 Å². The number of rotatable bonds is 6. The summed E-state index contributed by atoms with van der Waals surface area (Å²) in [6.07, 6.45) is 3.11. The molecular formula is C25H27FN4O4S. The van der Waals surface area contributed by atoms with E-state index in [1.807, 2.05) is 0 Å². The lowest BCUT2D eigenvalue weighted by atomic mass is 9.91. The number of hydrogen-bond donors (Lipinski definition) is 2. The van der Waals surface area contributed by atoms with Crippen molar-refractivity contribution in [3.63, 3.8) is 0 Å². The number of amides is 2. The van der Waals surface area contributed by atoms with Crippen LogP contribution in [-0.4, -0.2) is 44.4 Å². The first-order valence-electron chi connectivity index (χ1n) is 11.3. The number of nitrogens with two attached hydrogens (primary N) is 1. The number of carbonyl (C=O) groups is 3. The standard InChI is InChI=1S/C25H27FN4O4S/c1-13-12-16(6-9-18(13)26)30(15-4-7-17(31)8-5-15)25(34)22(32)20-14(2)19(23(27)33)21(29(20)3)24-28-10-11-35-24/h6,9-12,15,17,31H,4-5,7-8H2,1-3H3,(H2,27,33). The Morgan fingerprint density at radius 1 is 1.20 bits per heavy atom. The number of halogens is 1. The molecule has 2 heterocycles. The third-order valence-corrected chi connectivity index (χ3v) is 7.38. The molecule has 0 spiro atoms. The van der Waals surface area contributed by atoms with Gasteiger partial charge in [-0.2, -0.15) is 0 Å². The molecule has 0 atom stereocenters. The second-order valence-electron chi connectivity index (χ2n) is 8.86. The van der Waals surface area contributed by atoms with E-state index in [9.17, 15) is 23.9 Å². The number of hydrogen-bond acceptors (Lipinski definition) is 6. The van der Waals surface area contributed by atoms with Gasteiger partial charge in [-0.05, 0) is 68.9 Å². The van der Waals surface area contributed by atoms with E-state index in [1.54, 1.807) is 38.5 Å². The molecule has 0 radical (unpaired) electrons. The van der Waals surface area contributed by atoms with Crippen LogP contribution in [0.2, 0.25) is 0 Å². The third-order valence-electron chi connectivity index (χ3n) is 6.60. The Morgan fingerprint density at radius 2 is 1.89 bits per heavy atom. The molecule has 0 aliphatic heterocycles. The van der Waals surface area contributed by atoms with Crippen LogP contribution >= 0.6 is 11.3 Å². The lowest BCUT2D eigenvalue weighted by Crippen LogP contribution is -2.47. The molecule has 3 N–H and O–H groups in total. The van der Waals surface area contributed by atoms with Crippen LogP contribution in [0.4, 0.5) is 10.1 Å². The lowest BCUT2D eigenvalue weighted by Gasteiger charge is -2.35. The summed E-state index contributed by atoms with van der Waals surface area (Å²) < 4.78 is 15.5. The number of aryl methyl sites for hydroxylation is 1. The van der Waals surface area contributed by atoms with Gasteiger partial charge in [0, 0.05) is 30.4 Å². The number of aliphatic hydroxyl groups is 1. The van der Waals surface area contributed by atoms with Crippen LogP contribution in [-0.2, 0) is 11.8 Å². The monoisotopic (exact) mass is 498 g/mol. The van der Waals surface area contributed by atoms with Gasteiger partial charge in [0.15, 0.2) is 0 Å². The van der Waals surface area contributed by atoms with E-state index < -0.39 is 29.5 Å². The zero-order valence-electron chi connectivity index (χ0n) is 19.7. The highest BCUT2D eigenvalue weighted by Gasteiger charge is 2.37. The van der Waals surface area contributed by atoms with E-state index in [1.165, 1.54) is 32.9 Å². The molecule has 1 saturated carbocycles. The van der Waals surface area contributed by atoms with Crippen LogP contribution in [0, 0.1) is 19.7 Å². The minimum atomic E-state index is -0.802. The van der Waals surface area contributed by atoms with Gasteiger partial charge < -0.3 is 20.3 Å². The maximum Gasteiger partial charge on any atom is 0.301 e. The van der Waals surface area contributed by atoms with E-state index >= 15 is 0 Å². The molecule has 1 fully saturated rings. The van der Waals surface area contributed by atoms with Gasteiger partial charge in [-0.15, -0.1) is 11.3 Å². The molecule has 184 valence electrons. The predicted octanol–water partition coefficient (Wildman–Crippen LogP) is 3.52. The van der Waals surface area contributed by atoms with Crippen molar-refractivity contribution in [3.8, 4) is 10.7 Å². The van der Waals surface area contributed by atoms with E-state index in [2.05, 4.69) is 4.98 Å². The molecule has 1 aromatic carbocycles. The van der Waals surface area contributed by atoms with Gasteiger partial charge in [-0.25, -0.2) is 9.37 Å². The predicted molar refractivity (Wildman–Crippen MR) is 131 cm³/mol. The summed E-state index contributed by atoms with van der Waals surface area (Å²) in [7, 11) is 1.60. The molecule has 8 nitrogen and oxygen atoms in total. The number of anilines is 1. The zero-order valence-corrected chi connectivity index (χ0v) is 20.6. The molecule has 1 aliphatic rings. The average Bonchev–Trinajstić information content (AvgIpc) is 3.43. The van der Waals surface area contributed by atoms with Gasteiger partial charge in [0.05, 0.1) is 23.1 Å². The molecule has 1 aliphatic carbocycles. The minimum Gasteiger partial charge on any atom is -0.393 e. The number of aliphatic hydroxyl groups excluding tert-OH is 1. The smallest absolute Gasteiger partial charge is 0.301 e. The Kier molecular flexibility index (Phi) is 6.86. The maximum atomic E-state index is 14.0. The average molecular weight is 499 g/mol. The summed E-state index contributed by atoms with van der Waals surface area (Å²) in [6.45, 7) is 3.18. The number of thiazole rings is 1. The highest BCUT2D eigenvalue weighted by molar-refractivity contribution is 7.13. The van der Waals surface area contributed by atoms with Gasteiger partial charge in [0.2, 0.25) is 0 Å². The van der Waals surface area contributed by atoms with Crippen molar-refractivity contribution in [2.24, 2.45) is 12.8 Å². The van der Waals surface area contributed by atoms with Crippen molar-refractivity contribution < 1.29 is 23.9 Å². The molecule has 0 saturated heterocycles. The number of ketones is 1. The quantitative estimate of drug-likeness (QED) is 0.398. The van der Waals surface area contributed by atoms with Crippen molar-refractivity contribution in [2.45, 2.75) is 51.7 Å². The lowest BCUT2D eigenvalue weighted by molar-refractivity contribution is -0.115. The fourth-order valence-corrected chi connectivity index (χ4v) is 5.56. The van der Waals surface area contributed by atoms with Crippen LogP contribution in [0.1, 0.15) is 57.7 Å². The van der Waals surface area contributed by atoms with Gasteiger partial charge in [0.1, 0.15) is 10.8 Å². The zero-order chi connectivity index (χ0) is 25.4. The molecule has 4 rings (SSSR count). The maximum absolute atomic E-state index is 14.0. The minimum absolute atomic E-state index is 0.0497. The Labute approximate surface area is 206 Å². The first kappa shape index (κ1) is 24.7. The molecule has 0 bridgehead atoms. The second kappa shape index (κ2) is 9.71. The summed E-state index contributed by atoms with van der Waals surface area (Å²) in [5.74, 6) is -2.72. The fraction of sp³-hybridized carbons (Fsp3) is 0.360. The highest BCUT2D eigenvalue weighted by atomic mass is 32.1. The van der Waals surface area contributed by atoms with Gasteiger partial charge in [-0.3, -0.25) is 14.4 Å². The molecule has 2 amide bonds. The van der Waals surface area contributed by atoms with Crippen LogP contribution in [0.15, 0.2) is 29.8 Å².